The molecule has 0 aliphatic heterocycles. The van der Waals surface area contributed by atoms with Crippen LogP contribution in [-0.2, 0) is 0 Å². The molecule has 0 saturated carbocycles. The van der Waals surface area contributed by atoms with Gasteiger partial charge in [-0.2, -0.15) is 0 Å². The molecular weight excluding hydrogens is 240 g/mol. The summed E-state index contributed by atoms with van der Waals surface area (Å²) < 4.78 is 0. The summed E-state index contributed by atoms with van der Waals surface area (Å²) in [6.07, 6.45) is 1.66. The molecule has 5 heteroatoms. The van der Waals surface area contributed by atoms with Crippen molar-refractivity contribution in [2.45, 2.75) is 13.8 Å². The van der Waals surface area contributed by atoms with Crippen LogP contribution in [0.2, 0.25) is 0 Å². The van der Waals surface area contributed by atoms with E-state index < -0.39 is 0 Å². The van der Waals surface area contributed by atoms with Gasteiger partial charge in [-0.15, -0.1) is 0 Å². The second-order valence-corrected chi connectivity index (χ2v) is 4.11. The van der Waals surface area contributed by atoms with Crippen LogP contribution in [0.15, 0.2) is 36.5 Å². The smallest absolute Gasteiger partial charge is 0.275 e. The number of pyridine rings is 2. The molecule has 0 aliphatic carbocycles. The highest BCUT2D eigenvalue weighted by Gasteiger charge is 2.08. The van der Waals surface area contributed by atoms with Gasteiger partial charge in [0.25, 0.3) is 5.91 Å². The highest BCUT2D eigenvalue weighted by Crippen LogP contribution is 2.09. The van der Waals surface area contributed by atoms with E-state index in [4.69, 9.17) is 0 Å². The number of nitrogens with zero attached hydrogens (tertiary/aromatic N) is 2. The first kappa shape index (κ1) is 13.0. The quantitative estimate of drug-likeness (QED) is 0.881. The van der Waals surface area contributed by atoms with Gasteiger partial charge in [0, 0.05) is 12.7 Å². The maximum absolute atomic E-state index is 12.0. The maximum Gasteiger partial charge on any atom is 0.275 e. The van der Waals surface area contributed by atoms with Crippen molar-refractivity contribution in [2.24, 2.45) is 0 Å². The Labute approximate surface area is 112 Å². The predicted octanol–water partition coefficient (Wildman–Crippen LogP) is 2.47. The zero-order valence-electron chi connectivity index (χ0n) is 11.0. The number of aryl methyl sites for hydroxylation is 1. The second-order valence-electron chi connectivity index (χ2n) is 4.11. The number of hydrogen-bond acceptors (Lipinski definition) is 4. The molecule has 19 heavy (non-hydrogen) atoms. The Balaban J connectivity index is 2.13. The monoisotopic (exact) mass is 256 g/mol. The van der Waals surface area contributed by atoms with E-state index in [1.807, 2.05) is 32.0 Å². The van der Waals surface area contributed by atoms with Crippen molar-refractivity contribution < 1.29 is 4.79 Å². The van der Waals surface area contributed by atoms with E-state index in [1.165, 1.54) is 0 Å². The zero-order valence-corrected chi connectivity index (χ0v) is 11.0. The molecule has 2 aromatic heterocycles. The Morgan fingerprint density at radius 3 is 2.84 bits per heavy atom. The van der Waals surface area contributed by atoms with Gasteiger partial charge in [-0.1, -0.05) is 6.07 Å². The van der Waals surface area contributed by atoms with E-state index in [9.17, 15) is 4.79 Å². The van der Waals surface area contributed by atoms with Crippen LogP contribution < -0.4 is 10.6 Å². The summed E-state index contributed by atoms with van der Waals surface area (Å²) in [6, 6.07) is 8.98. The van der Waals surface area contributed by atoms with Gasteiger partial charge in [0.05, 0.1) is 0 Å². The lowest BCUT2D eigenvalue weighted by Gasteiger charge is -2.06. The summed E-state index contributed by atoms with van der Waals surface area (Å²) in [4.78, 5) is 20.4. The van der Waals surface area contributed by atoms with Crippen LogP contribution >= 0.6 is 0 Å². The van der Waals surface area contributed by atoms with Gasteiger partial charge in [0.2, 0.25) is 0 Å². The van der Waals surface area contributed by atoms with Crippen molar-refractivity contribution >= 4 is 17.5 Å². The lowest BCUT2D eigenvalue weighted by Crippen LogP contribution is -2.15. The van der Waals surface area contributed by atoms with Gasteiger partial charge in [-0.05, 0) is 43.7 Å². The fourth-order valence-electron chi connectivity index (χ4n) is 1.63. The van der Waals surface area contributed by atoms with Crippen LogP contribution in [0.25, 0.3) is 0 Å². The average Bonchev–Trinajstić information content (AvgIpc) is 2.39. The number of hydrogen-bond donors (Lipinski definition) is 2. The van der Waals surface area contributed by atoms with Crippen molar-refractivity contribution in [2.75, 3.05) is 17.2 Å². The molecule has 0 aliphatic rings. The highest BCUT2D eigenvalue weighted by molar-refractivity contribution is 6.02. The third-order valence-electron chi connectivity index (χ3n) is 2.50. The molecule has 5 nitrogen and oxygen atoms in total. The van der Waals surface area contributed by atoms with Gasteiger partial charge in [0.1, 0.15) is 17.3 Å². The molecule has 0 radical (unpaired) electrons. The molecule has 2 rings (SSSR count). The number of carbonyl (C=O) groups is 1. The van der Waals surface area contributed by atoms with Crippen molar-refractivity contribution in [3.05, 3.63) is 47.8 Å². The van der Waals surface area contributed by atoms with Crippen LogP contribution in [-0.4, -0.2) is 22.4 Å². The van der Waals surface area contributed by atoms with E-state index in [1.54, 1.807) is 18.3 Å². The summed E-state index contributed by atoms with van der Waals surface area (Å²) in [7, 11) is 0. The number of aromatic nitrogens is 2. The van der Waals surface area contributed by atoms with Crippen molar-refractivity contribution in [3.63, 3.8) is 0 Å². The topological polar surface area (TPSA) is 66.9 Å². The third-order valence-corrected chi connectivity index (χ3v) is 2.50. The summed E-state index contributed by atoms with van der Waals surface area (Å²) in [6.45, 7) is 4.68. The zero-order chi connectivity index (χ0) is 13.7. The Morgan fingerprint density at radius 1 is 1.26 bits per heavy atom. The molecule has 0 atom stereocenters. The summed E-state index contributed by atoms with van der Waals surface area (Å²) in [5, 5.41) is 5.80. The fraction of sp³-hybridized carbons (Fsp3) is 0.214. The molecule has 98 valence electrons. The SMILES string of the molecule is CCNc1cccc(C(=O)Nc2cc(C)ccn2)n1. The number of anilines is 2. The molecule has 0 spiro atoms. The third kappa shape index (κ3) is 3.51. The first-order valence-corrected chi connectivity index (χ1v) is 6.14. The van der Waals surface area contributed by atoms with E-state index in [0.717, 1.165) is 12.1 Å². The molecule has 2 heterocycles. The Kier molecular flexibility index (Phi) is 4.07. The standard InChI is InChI=1S/C14H16N4O/c1-3-15-12-6-4-5-11(17-12)14(19)18-13-9-10(2)7-8-16-13/h4-9H,3H2,1-2H3,(H,15,17)(H,16,18,19). The fourth-order valence-corrected chi connectivity index (χ4v) is 1.63. The Hall–Kier alpha value is -2.43. The normalized spacial score (nSPS) is 10.0. The van der Waals surface area contributed by atoms with Crippen LogP contribution in [0.1, 0.15) is 23.0 Å². The second kappa shape index (κ2) is 5.95. The number of nitrogens with one attached hydrogen (secondary N) is 2. The van der Waals surface area contributed by atoms with Gasteiger partial charge in [0.15, 0.2) is 0 Å². The van der Waals surface area contributed by atoms with Crippen molar-refractivity contribution in [1.82, 2.24) is 9.97 Å². The molecule has 0 aromatic carbocycles. The van der Waals surface area contributed by atoms with Gasteiger partial charge in [-0.25, -0.2) is 9.97 Å². The predicted molar refractivity (Wildman–Crippen MR) is 75.3 cm³/mol. The van der Waals surface area contributed by atoms with E-state index in [0.29, 0.717) is 17.3 Å². The molecule has 0 bridgehead atoms. The van der Waals surface area contributed by atoms with E-state index in [2.05, 4.69) is 20.6 Å². The number of amides is 1. The molecule has 2 aromatic rings. The van der Waals surface area contributed by atoms with Gasteiger partial charge in [-0.3, -0.25) is 4.79 Å². The first-order valence-electron chi connectivity index (χ1n) is 6.14. The molecule has 1 amide bonds. The van der Waals surface area contributed by atoms with Crippen molar-refractivity contribution in [1.29, 1.82) is 0 Å². The number of rotatable bonds is 4. The van der Waals surface area contributed by atoms with Gasteiger partial charge < -0.3 is 10.6 Å². The minimum absolute atomic E-state index is 0.266. The van der Waals surface area contributed by atoms with Crippen LogP contribution in [0.4, 0.5) is 11.6 Å². The van der Waals surface area contributed by atoms with Gasteiger partial charge >= 0.3 is 0 Å². The summed E-state index contributed by atoms with van der Waals surface area (Å²) in [5.41, 5.74) is 1.40. The largest absolute Gasteiger partial charge is 0.370 e. The first-order chi connectivity index (χ1) is 9.19. The van der Waals surface area contributed by atoms with Crippen molar-refractivity contribution in [3.8, 4) is 0 Å². The summed E-state index contributed by atoms with van der Waals surface area (Å²) in [5.74, 6) is 0.950. The number of carbonyl (C=O) groups excluding carboxylic acids is 1. The minimum Gasteiger partial charge on any atom is -0.370 e. The Morgan fingerprint density at radius 2 is 2.11 bits per heavy atom. The summed E-state index contributed by atoms with van der Waals surface area (Å²) >= 11 is 0. The molecule has 2 N–H and O–H groups in total. The lowest BCUT2D eigenvalue weighted by atomic mass is 10.3. The molecule has 0 fully saturated rings. The van der Waals surface area contributed by atoms with Crippen LogP contribution in [0.3, 0.4) is 0 Å². The molecular formula is C14H16N4O. The Bertz CT molecular complexity index is 583. The van der Waals surface area contributed by atoms with E-state index in [-0.39, 0.29) is 5.91 Å². The highest BCUT2D eigenvalue weighted by atomic mass is 16.1. The van der Waals surface area contributed by atoms with Crippen LogP contribution in [0, 0.1) is 6.92 Å². The van der Waals surface area contributed by atoms with Crippen LogP contribution in [0.5, 0.6) is 0 Å². The molecule has 0 saturated heterocycles. The average molecular weight is 256 g/mol. The lowest BCUT2D eigenvalue weighted by molar-refractivity contribution is 0.102. The molecule has 0 unspecified atom stereocenters. The minimum atomic E-state index is -0.266. The maximum atomic E-state index is 12.0. The van der Waals surface area contributed by atoms with E-state index >= 15 is 0 Å².